The van der Waals surface area contributed by atoms with Gasteiger partial charge in [0.1, 0.15) is 0 Å². The third-order valence-corrected chi connectivity index (χ3v) is 1.60. The predicted octanol–water partition coefficient (Wildman–Crippen LogP) is 1.72. The van der Waals surface area contributed by atoms with Crippen molar-refractivity contribution in [2.75, 3.05) is 7.11 Å². The van der Waals surface area contributed by atoms with E-state index in [0.717, 1.165) is 0 Å². The molecule has 0 unspecified atom stereocenters. The molecule has 0 spiro atoms. The topological polar surface area (TPSA) is 43.4 Å². The van der Waals surface area contributed by atoms with Crippen LogP contribution in [0, 0.1) is 5.41 Å². The smallest absolute Gasteiger partial charge is 0.306 e. The number of ether oxygens (including phenoxy) is 1. The maximum atomic E-state index is 10.9. The van der Waals surface area contributed by atoms with Crippen LogP contribution in [0.25, 0.3) is 0 Å². The van der Waals surface area contributed by atoms with Gasteiger partial charge in [-0.05, 0) is 18.4 Å². The van der Waals surface area contributed by atoms with Crippen LogP contribution in [0.15, 0.2) is 12.2 Å². The highest BCUT2D eigenvalue weighted by Gasteiger charge is 2.19. The van der Waals surface area contributed by atoms with Gasteiger partial charge in [0.25, 0.3) is 0 Å². The van der Waals surface area contributed by atoms with Gasteiger partial charge in [0, 0.05) is 0 Å². The fraction of sp³-hybridized carbons (Fsp3) is 0.600. The first-order valence-electron chi connectivity index (χ1n) is 4.14. The van der Waals surface area contributed by atoms with E-state index in [1.54, 1.807) is 6.08 Å². The molecule has 13 heavy (non-hydrogen) atoms. The highest BCUT2D eigenvalue weighted by atomic mass is 16.5. The van der Waals surface area contributed by atoms with Crippen molar-refractivity contribution in [3.05, 3.63) is 12.2 Å². The Labute approximate surface area is 78.8 Å². The van der Waals surface area contributed by atoms with Crippen molar-refractivity contribution in [2.45, 2.75) is 27.2 Å². The average Bonchev–Trinajstić information content (AvgIpc) is 2.00. The maximum absolute atomic E-state index is 10.9. The molecule has 0 heterocycles. The van der Waals surface area contributed by atoms with Crippen LogP contribution in [0.1, 0.15) is 27.2 Å². The SMILES string of the molecule is COC(=O)CC(C)(C)/C=C/C(C)=O. The third-order valence-electron chi connectivity index (χ3n) is 1.60. The van der Waals surface area contributed by atoms with Gasteiger partial charge in [0.05, 0.1) is 13.5 Å². The van der Waals surface area contributed by atoms with Gasteiger partial charge in [0.2, 0.25) is 0 Å². The average molecular weight is 184 g/mol. The van der Waals surface area contributed by atoms with E-state index in [1.165, 1.54) is 20.1 Å². The standard InChI is InChI=1S/C10H16O3/c1-8(11)5-6-10(2,3)7-9(12)13-4/h5-6H,7H2,1-4H3/b6-5+. The molecule has 0 aliphatic rings. The molecular formula is C10H16O3. The molecule has 0 N–H and O–H groups in total. The number of rotatable bonds is 4. The zero-order valence-corrected chi connectivity index (χ0v) is 8.59. The summed E-state index contributed by atoms with van der Waals surface area (Å²) >= 11 is 0. The highest BCUT2D eigenvalue weighted by Crippen LogP contribution is 2.22. The zero-order valence-electron chi connectivity index (χ0n) is 8.59. The monoisotopic (exact) mass is 184 g/mol. The minimum absolute atomic E-state index is 0.0158. The lowest BCUT2D eigenvalue weighted by Gasteiger charge is -2.17. The van der Waals surface area contributed by atoms with Gasteiger partial charge in [-0.2, -0.15) is 0 Å². The van der Waals surface area contributed by atoms with Crippen LogP contribution in [-0.4, -0.2) is 18.9 Å². The number of ketones is 1. The van der Waals surface area contributed by atoms with Crippen LogP contribution in [0.4, 0.5) is 0 Å². The van der Waals surface area contributed by atoms with Crippen LogP contribution in [0.2, 0.25) is 0 Å². The molecule has 0 saturated carbocycles. The number of esters is 1. The second kappa shape index (κ2) is 4.80. The molecule has 0 fully saturated rings. The maximum Gasteiger partial charge on any atom is 0.306 e. The summed E-state index contributed by atoms with van der Waals surface area (Å²) in [6, 6.07) is 0. The van der Waals surface area contributed by atoms with Crippen LogP contribution in [-0.2, 0) is 14.3 Å². The van der Waals surface area contributed by atoms with E-state index in [-0.39, 0.29) is 23.6 Å². The molecule has 0 aliphatic carbocycles. The molecule has 74 valence electrons. The number of allylic oxidation sites excluding steroid dienone is 2. The molecule has 0 amide bonds. The molecule has 0 rings (SSSR count). The van der Waals surface area contributed by atoms with E-state index in [4.69, 9.17) is 0 Å². The largest absolute Gasteiger partial charge is 0.469 e. The Balaban J connectivity index is 4.23. The minimum atomic E-state index is -0.321. The molecule has 0 atom stereocenters. The molecule has 0 aromatic heterocycles. The second-order valence-electron chi connectivity index (χ2n) is 3.69. The molecule has 3 nitrogen and oxygen atoms in total. The summed E-state index contributed by atoms with van der Waals surface area (Å²) < 4.78 is 4.54. The zero-order chi connectivity index (χ0) is 10.5. The van der Waals surface area contributed by atoms with E-state index >= 15 is 0 Å². The fourth-order valence-corrected chi connectivity index (χ4v) is 0.846. The van der Waals surface area contributed by atoms with Crippen molar-refractivity contribution < 1.29 is 14.3 Å². The number of hydrogen-bond donors (Lipinski definition) is 0. The number of carbonyl (C=O) groups excluding carboxylic acids is 2. The van der Waals surface area contributed by atoms with Gasteiger partial charge >= 0.3 is 5.97 Å². The van der Waals surface area contributed by atoms with Crippen LogP contribution < -0.4 is 0 Å². The summed E-state index contributed by atoms with van der Waals surface area (Å²) in [6.45, 7) is 5.23. The van der Waals surface area contributed by atoms with Crippen LogP contribution >= 0.6 is 0 Å². The summed E-state index contributed by atoms with van der Waals surface area (Å²) in [5.41, 5.74) is -0.321. The van der Waals surface area contributed by atoms with E-state index in [0.29, 0.717) is 0 Å². The van der Waals surface area contributed by atoms with E-state index in [9.17, 15) is 9.59 Å². The summed E-state index contributed by atoms with van der Waals surface area (Å²) in [4.78, 5) is 21.6. The van der Waals surface area contributed by atoms with Crippen molar-refractivity contribution in [3.63, 3.8) is 0 Å². The summed E-state index contributed by atoms with van der Waals surface area (Å²) in [7, 11) is 1.35. The lowest BCUT2D eigenvalue weighted by atomic mass is 9.89. The summed E-state index contributed by atoms with van der Waals surface area (Å²) in [5, 5.41) is 0. The predicted molar refractivity (Wildman–Crippen MR) is 50.2 cm³/mol. The first-order valence-corrected chi connectivity index (χ1v) is 4.14. The van der Waals surface area contributed by atoms with Gasteiger partial charge in [-0.15, -0.1) is 0 Å². The van der Waals surface area contributed by atoms with Crippen LogP contribution in [0.5, 0.6) is 0 Å². The molecule has 0 aromatic rings. The number of methoxy groups -OCH3 is 1. The van der Waals surface area contributed by atoms with Gasteiger partial charge < -0.3 is 4.74 Å². The number of hydrogen-bond acceptors (Lipinski definition) is 3. The van der Waals surface area contributed by atoms with Crippen molar-refractivity contribution in [1.29, 1.82) is 0 Å². The lowest BCUT2D eigenvalue weighted by molar-refractivity contribution is -0.142. The molecule has 0 saturated heterocycles. The van der Waals surface area contributed by atoms with Crippen molar-refractivity contribution in [2.24, 2.45) is 5.41 Å². The Morgan fingerprint density at radius 3 is 2.31 bits per heavy atom. The first kappa shape index (κ1) is 11.9. The fourth-order valence-electron chi connectivity index (χ4n) is 0.846. The first-order chi connectivity index (χ1) is 5.87. The van der Waals surface area contributed by atoms with Gasteiger partial charge in [-0.3, -0.25) is 9.59 Å². The molecule has 0 radical (unpaired) electrons. The van der Waals surface area contributed by atoms with Crippen molar-refractivity contribution >= 4 is 11.8 Å². The van der Waals surface area contributed by atoms with E-state index < -0.39 is 0 Å². The Kier molecular flexibility index (Phi) is 4.38. The Morgan fingerprint density at radius 1 is 1.38 bits per heavy atom. The minimum Gasteiger partial charge on any atom is -0.469 e. The second-order valence-corrected chi connectivity index (χ2v) is 3.69. The molecule has 0 aliphatic heterocycles. The molecule has 0 bridgehead atoms. The van der Waals surface area contributed by atoms with Crippen LogP contribution in [0.3, 0.4) is 0 Å². The Hall–Kier alpha value is -1.12. The quantitative estimate of drug-likeness (QED) is 0.493. The summed E-state index contributed by atoms with van der Waals surface area (Å²) in [6.07, 6.45) is 3.49. The molecule has 3 heteroatoms. The van der Waals surface area contributed by atoms with E-state index in [1.807, 2.05) is 13.8 Å². The van der Waals surface area contributed by atoms with Crippen molar-refractivity contribution in [3.8, 4) is 0 Å². The molecular weight excluding hydrogens is 168 g/mol. The summed E-state index contributed by atoms with van der Waals surface area (Å²) in [5.74, 6) is -0.281. The van der Waals surface area contributed by atoms with E-state index in [2.05, 4.69) is 4.74 Å². The normalized spacial score (nSPS) is 11.7. The Morgan fingerprint density at radius 2 is 1.92 bits per heavy atom. The molecule has 0 aromatic carbocycles. The van der Waals surface area contributed by atoms with Crippen molar-refractivity contribution in [1.82, 2.24) is 0 Å². The number of carbonyl (C=O) groups is 2. The van der Waals surface area contributed by atoms with Gasteiger partial charge in [0.15, 0.2) is 5.78 Å². The highest BCUT2D eigenvalue weighted by molar-refractivity contribution is 5.87. The third kappa shape index (κ3) is 6.08. The Bertz CT molecular complexity index is 226. The van der Waals surface area contributed by atoms with Gasteiger partial charge in [-0.1, -0.05) is 19.9 Å². The lowest BCUT2D eigenvalue weighted by Crippen LogP contribution is -2.15. The van der Waals surface area contributed by atoms with Gasteiger partial charge in [-0.25, -0.2) is 0 Å².